The summed E-state index contributed by atoms with van der Waals surface area (Å²) in [6, 6.07) is 19.2. The molecule has 0 bridgehead atoms. The van der Waals surface area contributed by atoms with Gasteiger partial charge in [-0.3, -0.25) is 19.4 Å². The van der Waals surface area contributed by atoms with E-state index in [1.807, 2.05) is 54.4 Å². The van der Waals surface area contributed by atoms with Crippen LogP contribution in [0.15, 0.2) is 85.2 Å². The predicted molar refractivity (Wildman–Crippen MR) is 177 cm³/mol. The van der Waals surface area contributed by atoms with E-state index in [2.05, 4.69) is 17.2 Å². The number of pyridine rings is 1. The number of amides is 2. The van der Waals surface area contributed by atoms with Gasteiger partial charge in [0.1, 0.15) is 0 Å². The van der Waals surface area contributed by atoms with Crippen molar-refractivity contribution < 1.29 is 28.3 Å². The minimum atomic E-state index is -1.10. The normalized spacial score (nSPS) is 13.1. The fourth-order valence-electron chi connectivity index (χ4n) is 5.60. The minimum Gasteiger partial charge on any atom is -0.481 e. The van der Waals surface area contributed by atoms with E-state index in [-0.39, 0.29) is 30.4 Å². The molecular weight excluding hydrogens is 602 g/mol. The van der Waals surface area contributed by atoms with Gasteiger partial charge in [-0.15, -0.1) is 0 Å². The molecule has 1 heterocycles. The summed E-state index contributed by atoms with van der Waals surface area (Å²) in [5, 5.41) is 12.6. The van der Waals surface area contributed by atoms with E-state index in [9.17, 15) is 28.3 Å². The van der Waals surface area contributed by atoms with Crippen molar-refractivity contribution in [2.45, 2.75) is 51.6 Å². The Bertz CT molecular complexity index is 1750. The van der Waals surface area contributed by atoms with Crippen LogP contribution >= 0.6 is 0 Å². The Hall–Kier alpha value is -5.12. The Kier molecular flexibility index (Phi) is 10.6. The third-order valence-corrected chi connectivity index (χ3v) is 8.32. The average molecular weight is 641 g/mol. The molecule has 10 heteroatoms. The zero-order chi connectivity index (χ0) is 33.5. The number of carboxylic acid groups (broad SMARTS) is 1. The van der Waals surface area contributed by atoms with E-state index < -0.39 is 29.6 Å². The summed E-state index contributed by atoms with van der Waals surface area (Å²) >= 11 is 0. The van der Waals surface area contributed by atoms with Crippen LogP contribution in [0.25, 0.3) is 11.1 Å². The first-order valence-electron chi connectivity index (χ1n) is 15.8. The SMILES string of the molecule is CCCCN(C)c1ccc(-c2cccc(CN(C(=O)C3CC3)C(CC(=O)O)c3cccnc3)c2)cc1NC(=O)c1ccc(F)c(F)c1. The first-order chi connectivity index (χ1) is 22.6. The summed E-state index contributed by atoms with van der Waals surface area (Å²) in [4.78, 5) is 46.5. The number of hydrogen-bond donors (Lipinski definition) is 2. The molecule has 1 aliphatic rings. The number of anilines is 2. The Balaban J connectivity index is 1.47. The molecule has 0 saturated heterocycles. The van der Waals surface area contributed by atoms with Gasteiger partial charge >= 0.3 is 5.97 Å². The van der Waals surface area contributed by atoms with Crippen LogP contribution in [0.1, 0.15) is 66.6 Å². The van der Waals surface area contributed by atoms with E-state index in [1.54, 1.807) is 29.4 Å². The molecule has 5 rings (SSSR count). The lowest BCUT2D eigenvalue weighted by atomic mass is 9.99. The van der Waals surface area contributed by atoms with Crippen LogP contribution in [0, 0.1) is 17.6 Å². The Morgan fingerprint density at radius 2 is 1.77 bits per heavy atom. The third kappa shape index (κ3) is 8.38. The van der Waals surface area contributed by atoms with E-state index in [4.69, 9.17) is 0 Å². The molecule has 1 aliphatic carbocycles. The molecule has 0 aliphatic heterocycles. The maximum absolute atomic E-state index is 13.9. The van der Waals surface area contributed by atoms with Crippen molar-refractivity contribution in [3.8, 4) is 11.1 Å². The summed E-state index contributed by atoms with van der Waals surface area (Å²) in [7, 11) is 1.93. The second-order valence-corrected chi connectivity index (χ2v) is 11.9. The monoisotopic (exact) mass is 640 g/mol. The second-order valence-electron chi connectivity index (χ2n) is 11.9. The molecule has 4 aromatic rings. The number of carbonyl (C=O) groups is 3. The van der Waals surface area contributed by atoms with Crippen LogP contribution in [-0.4, -0.2) is 46.4 Å². The number of benzene rings is 3. The fraction of sp³-hybridized carbons (Fsp3) is 0.297. The van der Waals surface area contributed by atoms with E-state index in [0.717, 1.165) is 66.7 Å². The Morgan fingerprint density at radius 1 is 0.979 bits per heavy atom. The highest BCUT2D eigenvalue weighted by Crippen LogP contribution is 2.37. The van der Waals surface area contributed by atoms with Gasteiger partial charge in [0.25, 0.3) is 5.91 Å². The lowest BCUT2D eigenvalue weighted by Gasteiger charge is -2.32. The first-order valence-corrected chi connectivity index (χ1v) is 15.8. The molecule has 3 aromatic carbocycles. The minimum absolute atomic E-state index is 0.0107. The van der Waals surface area contributed by atoms with Crippen LogP contribution in [0.4, 0.5) is 20.2 Å². The molecule has 1 aromatic heterocycles. The molecule has 2 N–H and O–H groups in total. The Morgan fingerprint density at radius 3 is 2.45 bits per heavy atom. The van der Waals surface area contributed by atoms with Gasteiger partial charge in [-0.05, 0) is 84.0 Å². The number of aliphatic carboxylic acids is 1. The van der Waals surface area contributed by atoms with Gasteiger partial charge in [0.05, 0.1) is 23.8 Å². The van der Waals surface area contributed by atoms with Crippen LogP contribution in [0.5, 0.6) is 0 Å². The summed E-state index contributed by atoms with van der Waals surface area (Å²) in [5.74, 6) is -3.92. The van der Waals surface area contributed by atoms with Gasteiger partial charge in [-0.25, -0.2) is 8.78 Å². The molecule has 0 radical (unpaired) electrons. The van der Waals surface area contributed by atoms with Crippen LogP contribution in [0.2, 0.25) is 0 Å². The number of unbranched alkanes of at least 4 members (excludes halogenated alkanes) is 1. The predicted octanol–water partition coefficient (Wildman–Crippen LogP) is 7.47. The van der Waals surface area contributed by atoms with Gasteiger partial charge < -0.3 is 20.2 Å². The molecule has 0 spiro atoms. The van der Waals surface area contributed by atoms with Crippen molar-refractivity contribution in [2.75, 3.05) is 23.8 Å². The third-order valence-electron chi connectivity index (χ3n) is 8.32. The number of carboxylic acids is 1. The van der Waals surface area contributed by atoms with Gasteiger partial charge in [0.2, 0.25) is 5.91 Å². The maximum Gasteiger partial charge on any atom is 0.305 e. The molecule has 1 atom stereocenters. The molecule has 47 heavy (non-hydrogen) atoms. The summed E-state index contributed by atoms with van der Waals surface area (Å²) in [6.07, 6.45) is 6.44. The van der Waals surface area contributed by atoms with Crippen LogP contribution in [-0.2, 0) is 16.1 Å². The number of carbonyl (C=O) groups excluding carboxylic acids is 2. The molecule has 1 saturated carbocycles. The number of rotatable bonds is 14. The highest BCUT2D eigenvalue weighted by molar-refractivity contribution is 6.06. The fourth-order valence-corrected chi connectivity index (χ4v) is 5.60. The van der Waals surface area contributed by atoms with Gasteiger partial charge in [0.15, 0.2) is 11.6 Å². The number of aromatic nitrogens is 1. The standard InChI is InChI=1S/C37H38F2N4O4/c1-3-4-17-42(2)33-15-13-27(20-32(33)41-36(46)28-12-14-30(38)31(39)19-28)26-8-5-7-24(18-26)23-43(37(47)25-10-11-25)34(21-35(44)45)29-9-6-16-40-22-29/h5-9,12-16,18-20,22,25,34H,3-4,10-11,17,21,23H2,1-2H3,(H,41,46)(H,44,45). The Labute approximate surface area is 273 Å². The zero-order valence-corrected chi connectivity index (χ0v) is 26.5. The van der Waals surface area contributed by atoms with E-state index >= 15 is 0 Å². The summed E-state index contributed by atoms with van der Waals surface area (Å²) in [5.41, 5.74) is 4.34. The molecular formula is C37H38F2N4O4. The quantitative estimate of drug-likeness (QED) is 0.148. The van der Waals surface area contributed by atoms with Crippen molar-refractivity contribution in [3.63, 3.8) is 0 Å². The molecule has 244 valence electrons. The molecule has 1 fully saturated rings. The van der Waals surface area contributed by atoms with Crippen LogP contribution < -0.4 is 10.2 Å². The topological polar surface area (TPSA) is 103 Å². The number of nitrogens with one attached hydrogen (secondary N) is 1. The van der Waals surface area contributed by atoms with E-state index in [1.165, 1.54) is 6.07 Å². The highest BCUT2D eigenvalue weighted by atomic mass is 19.2. The number of hydrogen-bond acceptors (Lipinski definition) is 5. The van der Waals surface area contributed by atoms with E-state index in [0.29, 0.717) is 11.3 Å². The van der Waals surface area contributed by atoms with Gasteiger partial charge in [-0.1, -0.05) is 43.7 Å². The number of nitrogens with zero attached hydrogens (tertiary/aromatic N) is 3. The van der Waals surface area contributed by atoms with Crippen molar-refractivity contribution in [1.29, 1.82) is 0 Å². The first kappa shape index (κ1) is 33.2. The van der Waals surface area contributed by atoms with Crippen molar-refractivity contribution in [1.82, 2.24) is 9.88 Å². The largest absolute Gasteiger partial charge is 0.481 e. The molecule has 1 unspecified atom stereocenters. The van der Waals surface area contributed by atoms with Crippen molar-refractivity contribution >= 4 is 29.2 Å². The smallest absolute Gasteiger partial charge is 0.305 e. The average Bonchev–Trinajstić information content (AvgIpc) is 3.92. The highest BCUT2D eigenvalue weighted by Gasteiger charge is 2.37. The van der Waals surface area contributed by atoms with Gasteiger partial charge in [-0.2, -0.15) is 0 Å². The summed E-state index contributed by atoms with van der Waals surface area (Å²) in [6.45, 7) is 3.04. The summed E-state index contributed by atoms with van der Waals surface area (Å²) < 4.78 is 27.5. The number of halogens is 2. The van der Waals surface area contributed by atoms with Crippen molar-refractivity contribution in [3.05, 3.63) is 114 Å². The molecule has 2 amide bonds. The lowest BCUT2D eigenvalue weighted by molar-refractivity contribution is -0.142. The maximum atomic E-state index is 13.9. The lowest BCUT2D eigenvalue weighted by Crippen LogP contribution is -2.36. The van der Waals surface area contributed by atoms with Crippen molar-refractivity contribution in [2.24, 2.45) is 5.92 Å². The second kappa shape index (κ2) is 15.0. The zero-order valence-electron chi connectivity index (χ0n) is 26.5. The van der Waals surface area contributed by atoms with Gasteiger partial charge in [0, 0.05) is 44.0 Å². The molecule has 8 nitrogen and oxygen atoms in total. The van der Waals surface area contributed by atoms with Crippen LogP contribution in [0.3, 0.4) is 0 Å².